The molecule has 0 N–H and O–H groups in total. The van der Waals surface area contributed by atoms with Crippen molar-refractivity contribution in [2.45, 2.75) is 6.92 Å². The largest absolute Gasteiger partial charge is 0.481 e. The quantitative estimate of drug-likeness (QED) is 0.455. The topological polar surface area (TPSA) is 52.6 Å². The second-order valence-electron chi connectivity index (χ2n) is 5.65. The molecule has 1 aromatic heterocycles. The summed E-state index contributed by atoms with van der Waals surface area (Å²) in [6.07, 6.45) is 0. The minimum atomic E-state index is -0.575. The maximum Gasteiger partial charge on any atom is 0.344 e. The number of aryl methyl sites for hydroxylation is 1. The molecule has 0 amide bonds. The van der Waals surface area contributed by atoms with Crippen molar-refractivity contribution < 1.29 is 19.1 Å². The molecule has 3 rings (SSSR count). The highest BCUT2D eigenvalue weighted by atomic mass is 32.1. The van der Waals surface area contributed by atoms with Crippen LogP contribution < -0.4 is 4.74 Å². The van der Waals surface area contributed by atoms with Crippen LogP contribution in [0.1, 0.15) is 14.5 Å². The number of ketones is 1. The number of rotatable bonds is 7. The molecule has 0 aliphatic carbocycles. The second-order valence-corrected chi connectivity index (χ2v) is 6.93. The van der Waals surface area contributed by atoms with E-state index in [0.717, 1.165) is 16.0 Å². The first kappa shape index (κ1) is 17.9. The molecule has 0 atom stereocenters. The minimum Gasteiger partial charge on any atom is -0.481 e. The lowest BCUT2D eigenvalue weighted by molar-refractivity contribution is -0.144. The molecule has 26 heavy (non-hydrogen) atoms. The first-order valence-electron chi connectivity index (χ1n) is 8.16. The molecule has 132 valence electrons. The van der Waals surface area contributed by atoms with Crippen molar-refractivity contribution in [2.75, 3.05) is 13.2 Å². The standard InChI is InChI=1S/C21H18O4S/c1-15-11-12-20(26-15)18(22)13-25-21(23)14-24-19-10-6-5-9-17(19)16-7-3-2-4-8-16/h2-12H,13-14H2,1H3. The van der Waals surface area contributed by atoms with Crippen molar-refractivity contribution in [3.05, 3.63) is 76.5 Å². The van der Waals surface area contributed by atoms with Gasteiger partial charge in [-0.2, -0.15) is 0 Å². The normalized spacial score (nSPS) is 10.3. The van der Waals surface area contributed by atoms with Gasteiger partial charge in [-0.25, -0.2) is 4.79 Å². The molecule has 2 aromatic carbocycles. The highest BCUT2D eigenvalue weighted by Crippen LogP contribution is 2.29. The van der Waals surface area contributed by atoms with Gasteiger partial charge >= 0.3 is 5.97 Å². The molecule has 0 radical (unpaired) electrons. The van der Waals surface area contributed by atoms with Gasteiger partial charge in [-0.05, 0) is 30.7 Å². The number of ether oxygens (including phenoxy) is 2. The Labute approximate surface area is 156 Å². The van der Waals surface area contributed by atoms with Crippen LogP contribution >= 0.6 is 11.3 Å². The average molecular weight is 366 g/mol. The Morgan fingerprint density at radius 3 is 2.35 bits per heavy atom. The summed E-state index contributed by atoms with van der Waals surface area (Å²) in [5.74, 6) is -0.188. The fraction of sp³-hybridized carbons (Fsp3) is 0.143. The molecule has 0 fully saturated rings. The Morgan fingerprint density at radius 2 is 1.62 bits per heavy atom. The zero-order valence-electron chi connectivity index (χ0n) is 14.3. The molecular formula is C21H18O4S. The lowest BCUT2D eigenvalue weighted by atomic mass is 10.1. The van der Waals surface area contributed by atoms with E-state index < -0.39 is 5.97 Å². The van der Waals surface area contributed by atoms with Crippen molar-refractivity contribution in [3.63, 3.8) is 0 Å². The molecule has 0 aliphatic heterocycles. The maximum atomic E-state index is 12.0. The third-order valence-electron chi connectivity index (χ3n) is 3.70. The Bertz CT molecular complexity index is 899. The van der Waals surface area contributed by atoms with E-state index in [-0.39, 0.29) is 19.0 Å². The predicted octanol–water partition coefficient (Wildman–Crippen LogP) is 4.53. The van der Waals surface area contributed by atoms with Gasteiger partial charge in [-0.1, -0.05) is 48.5 Å². The number of hydrogen-bond donors (Lipinski definition) is 0. The van der Waals surface area contributed by atoms with Gasteiger partial charge in [0, 0.05) is 10.4 Å². The SMILES string of the molecule is Cc1ccc(C(=O)COC(=O)COc2ccccc2-c2ccccc2)s1. The van der Waals surface area contributed by atoms with Crippen LogP contribution in [0.5, 0.6) is 5.75 Å². The van der Waals surface area contributed by atoms with Gasteiger partial charge in [0.15, 0.2) is 13.2 Å². The summed E-state index contributed by atoms with van der Waals surface area (Å²) in [4.78, 5) is 25.5. The van der Waals surface area contributed by atoms with E-state index in [2.05, 4.69) is 0 Å². The predicted molar refractivity (Wildman–Crippen MR) is 102 cm³/mol. The van der Waals surface area contributed by atoms with E-state index in [1.165, 1.54) is 11.3 Å². The molecule has 3 aromatic rings. The van der Waals surface area contributed by atoms with Crippen molar-refractivity contribution >= 4 is 23.1 Å². The lowest BCUT2D eigenvalue weighted by Gasteiger charge is -2.11. The lowest BCUT2D eigenvalue weighted by Crippen LogP contribution is -2.19. The van der Waals surface area contributed by atoms with Crippen molar-refractivity contribution in [1.29, 1.82) is 0 Å². The summed E-state index contributed by atoms with van der Waals surface area (Å²) in [7, 11) is 0. The number of thiophene rings is 1. The van der Waals surface area contributed by atoms with Gasteiger partial charge in [-0.15, -0.1) is 11.3 Å². The van der Waals surface area contributed by atoms with Crippen LogP contribution in [-0.2, 0) is 9.53 Å². The summed E-state index contributed by atoms with van der Waals surface area (Å²) in [5, 5.41) is 0. The zero-order valence-corrected chi connectivity index (χ0v) is 15.1. The van der Waals surface area contributed by atoms with Crippen molar-refractivity contribution in [2.24, 2.45) is 0 Å². The molecular weight excluding hydrogens is 348 g/mol. The first-order chi connectivity index (χ1) is 12.6. The van der Waals surface area contributed by atoms with Crippen LogP contribution in [0.4, 0.5) is 0 Å². The third-order valence-corrected chi connectivity index (χ3v) is 4.74. The number of benzene rings is 2. The number of para-hydroxylation sites is 1. The average Bonchev–Trinajstić information content (AvgIpc) is 3.12. The van der Waals surface area contributed by atoms with E-state index in [1.54, 1.807) is 12.1 Å². The van der Waals surface area contributed by atoms with Crippen LogP contribution in [0.15, 0.2) is 66.7 Å². The summed E-state index contributed by atoms with van der Waals surface area (Å²) < 4.78 is 10.6. The minimum absolute atomic E-state index is 0.207. The highest BCUT2D eigenvalue weighted by molar-refractivity contribution is 7.14. The van der Waals surface area contributed by atoms with E-state index in [4.69, 9.17) is 9.47 Å². The van der Waals surface area contributed by atoms with Gasteiger partial charge in [0.2, 0.25) is 5.78 Å². The van der Waals surface area contributed by atoms with Crippen molar-refractivity contribution in [1.82, 2.24) is 0 Å². The van der Waals surface area contributed by atoms with Crippen LogP contribution in [0.3, 0.4) is 0 Å². The molecule has 0 bridgehead atoms. The molecule has 0 spiro atoms. The Hall–Kier alpha value is -2.92. The molecule has 0 saturated carbocycles. The Morgan fingerprint density at radius 1 is 0.885 bits per heavy atom. The molecule has 5 heteroatoms. The van der Waals surface area contributed by atoms with Gasteiger partial charge in [-0.3, -0.25) is 4.79 Å². The first-order valence-corrected chi connectivity index (χ1v) is 8.97. The van der Waals surface area contributed by atoms with E-state index in [0.29, 0.717) is 10.6 Å². The van der Waals surface area contributed by atoms with Gasteiger partial charge in [0.1, 0.15) is 5.75 Å². The number of esters is 1. The monoisotopic (exact) mass is 366 g/mol. The molecule has 0 unspecified atom stereocenters. The number of hydrogen-bond acceptors (Lipinski definition) is 5. The van der Waals surface area contributed by atoms with E-state index >= 15 is 0 Å². The van der Waals surface area contributed by atoms with Gasteiger partial charge in [0.25, 0.3) is 0 Å². The summed E-state index contributed by atoms with van der Waals surface area (Å²) >= 11 is 1.39. The summed E-state index contributed by atoms with van der Waals surface area (Å²) in [5.41, 5.74) is 1.89. The van der Waals surface area contributed by atoms with Gasteiger partial charge in [0.05, 0.1) is 4.88 Å². The van der Waals surface area contributed by atoms with Gasteiger partial charge < -0.3 is 9.47 Å². The molecule has 1 heterocycles. The Kier molecular flexibility index (Phi) is 5.81. The maximum absolute atomic E-state index is 12.0. The van der Waals surface area contributed by atoms with E-state index in [1.807, 2.05) is 61.5 Å². The van der Waals surface area contributed by atoms with Crippen LogP contribution in [-0.4, -0.2) is 25.0 Å². The fourth-order valence-corrected chi connectivity index (χ4v) is 3.22. The molecule has 4 nitrogen and oxygen atoms in total. The number of Topliss-reactive ketones (excluding diaryl/α,β-unsaturated/α-hetero) is 1. The smallest absolute Gasteiger partial charge is 0.344 e. The van der Waals surface area contributed by atoms with E-state index in [9.17, 15) is 9.59 Å². The highest BCUT2D eigenvalue weighted by Gasteiger charge is 2.13. The molecule has 0 saturated heterocycles. The zero-order chi connectivity index (χ0) is 18.4. The van der Waals surface area contributed by atoms with Crippen molar-refractivity contribution in [3.8, 4) is 16.9 Å². The fourth-order valence-electron chi connectivity index (χ4n) is 2.43. The number of carbonyl (C=O) groups is 2. The van der Waals surface area contributed by atoms with Crippen LogP contribution in [0, 0.1) is 6.92 Å². The second kappa shape index (κ2) is 8.45. The summed E-state index contributed by atoms with van der Waals surface area (Å²) in [6.45, 7) is 1.40. The third kappa shape index (κ3) is 4.58. The molecule has 0 aliphatic rings. The number of carbonyl (C=O) groups excluding carboxylic acids is 2. The van der Waals surface area contributed by atoms with Crippen LogP contribution in [0.2, 0.25) is 0 Å². The van der Waals surface area contributed by atoms with Crippen LogP contribution in [0.25, 0.3) is 11.1 Å². The summed E-state index contributed by atoms with van der Waals surface area (Å²) in [6, 6.07) is 20.9. The Balaban J connectivity index is 1.56.